The van der Waals surface area contributed by atoms with E-state index in [9.17, 15) is 14.7 Å². The largest absolute Gasteiger partial charge is 0.489 e. The van der Waals surface area contributed by atoms with Gasteiger partial charge in [0.25, 0.3) is 5.56 Å². The van der Waals surface area contributed by atoms with Crippen LogP contribution in [0.3, 0.4) is 0 Å². The predicted octanol–water partition coefficient (Wildman–Crippen LogP) is 4.08. The van der Waals surface area contributed by atoms with Crippen molar-refractivity contribution in [2.75, 3.05) is 0 Å². The molecule has 0 atom stereocenters. The minimum Gasteiger partial charge on any atom is -0.489 e. The van der Waals surface area contributed by atoms with E-state index in [0.29, 0.717) is 34.6 Å². The molecule has 2 heterocycles. The number of hydrogen-bond acceptors (Lipinski definition) is 4. The number of fused-ring (bicyclic) bond motifs is 3. The van der Waals surface area contributed by atoms with Crippen LogP contribution >= 0.6 is 0 Å². The fraction of sp³-hybridized carbons (Fsp3) is 0.115. The summed E-state index contributed by atoms with van der Waals surface area (Å²) in [5.41, 5.74) is 2.83. The van der Waals surface area contributed by atoms with Crippen LogP contribution in [-0.2, 0) is 24.9 Å². The van der Waals surface area contributed by atoms with Crippen LogP contribution in [-0.4, -0.2) is 25.4 Å². The first-order valence-corrected chi connectivity index (χ1v) is 10.5. The van der Waals surface area contributed by atoms with Gasteiger partial charge >= 0.3 is 5.97 Å². The summed E-state index contributed by atoms with van der Waals surface area (Å²) in [6.07, 6.45) is -0.308. The van der Waals surface area contributed by atoms with Crippen LogP contribution in [0.4, 0.5) is 0 Å². The summed E-state index contributed by atoms with van der Waals surface area (Å²) >= 11 is 0. The van der Waals surface area contributed by atoms with Gasteiger partial charge in [0.15, 0.2) is 0 Å². The van der Waals surface area contributed by atoms with E-state index in [1.165, 1.54) is 4.68 Å². The first-order chi connectivity index (χ1) is 16.0. The molecule has 3 aromatic carbocycles. The molecule has 0 aliphatic heterocycles. The lowest BCUT2D eigenvalue weighted by atomic mass is 10.1. The molecule has 0 unspecified atom stereocenters. The number of aliphatic carboxylic acids is 1. The van der Waals surface area contributed by atoms with Crippen LogP contribution in [0.1, 0.15) is 11.3 Å². The zero-order chi connectivity index (χ0) is 22.9. The van der Waals surface area contributed by atoms with Crippen LogP contribution in [0, 0.1) is 0 Å². The number of nitrogens with zero attached hydrogens (tertiary/aromatic N) is 3. The molecule has 5 rings (SSSR count). The summed E-state index contributed by atoms with van der Waals surface area (Å²) in [6, 6.07) is 24.4. The number of hydrogen-bond donors (Lipinski definition) is 1. The number of ether oxygens (including phenoxy) is 1. The third-order valence-corrected chi connectivity index (χ3v) is 5.64. The number of rotatable bonds is 6. The van der Waals surface area contributed by atoms with Crippen LogP contribution in [0.15, 0.2) is 83.7 Å². The van der Waals surface area contributed by atoms with Gasteiger partial charge in [-0.25, -0.2) is 0 Å². The van der Waals surface area contributed by atoms with Gasteiger partial charge in [-0.1, -0.05) is 48.5 Å². The lowest BCUT2D eigenvalue weighted by Gasteiger charge is -2.09. The van der Waals surface area contributed by atoms with Crippen molar-refractivity contribution in [3.05, 3.63) is 100 Å². The van der Waals surface area contributed by atoms with Crippen LogP contribution in [0.2, 0.25) is 0 Å². The van der Waals surface area contributed by atoms with Crippen molar-refractivity contribution in [3.63, 3.8) is 0 Å². The van der Waals surface area contributed by atoms with E-state index in [1.54, 1.807) is 23.7 Å². The van der Waals surface area contributed by atoms with Gasteiger partial charge in [0.2, 0.25) is 0 Å². The van der Waals surface area contributed by atoms with Crippen molar-refractivity contribution in [3.8, 4) is 11.4 Å². The molecule has 5 aromatic rings. The Morgan fingerprint density at radius 3 is 2.39 bits per heavy atom. The molecule has 0 bridgehead atoms. The maximum atomic E-state index is 13.5. The zero-order valence-electron chi connectivity index (χ0n) is 17.9. The topological polar surface area (TPSA) is 86.3 Å². The van der Waals surface area contributed by atoms with Crippen molar-refractivity contribution in [1.82, 2.24) is 14.3 Å². The first kappa shape index (κ1) is 20.5. The van der Waals surface area contributed by atoms with Crippen molar-refractivity contribution in [2.24, 2.45) is 7.05 Å². The molecule has 0 radical (unpaired) electrons. The highest BCUT2D eigenvalue weighted by Gasteiger charge is 2.21. The molecule has 0 aliphatic carbocycles. The Kier molecular flexibility index (Phi) is 5.14. The highest BCUT2D eigenvalue weighted by Crippen LogP contribution is 2.32. The molecule has 164 valence electrons. The molecular formula is C26H21N3O4. The van der Waals surface area contributed by atoms with E-state index in [0.717, 1.165) is 16.5 Å². The van der Waals surface area contributed by atoms with Gasteiger partial charge in [0.1, 0.15) is 17.9 Å². The highest BCUT2D eigenvalue weighted by molar-refractivity contribution is 6.10. The molecule has 0 spiro atoms. The van der Waals surface area contributed by atoms with Gasteiger partial charge in [-0.15, -0.1) is 0 Å². The van der Waals surface area contributed by atoms with Gasteiger partial charge in [0, 0.05) is 23.3 Å². The minimum atomic E-state index is -1.02. The minimum absolute atomic E-state index is 0.308. The molecule has 0 amide bonds. The second kappa shape index (κ2) is 8.27. The van der Waals surface area contributed by atoms with Crippen molar-refractivity contribution < 1.29 is 14.6 Å². The molecule has 0 fully saturated rings. The first-order valence-electron chi connectivity index (χ1n) is 10.5. The molecule has 33 heavy (non-hydrogen) atoms. The summed E-state index contributed by atoms with van der Waals surface area (Å²) in [5, 5.41) is 15.3. The number of benzene rings is 3. The summed E-state index contributed by atoms with van der Waals surface area (Å²) in [6.45, 7) is 0.401. The number of para-hydroxylation sites is 1. The molecule has 2 aromatic heterocycles. The maximum absolute atomic E-state index is 13.5. The van der Waals surface area contributed by atoms with E-state index in [1.807, 2.05) is 66.7 Å². The Balaban J connectivity index is 1.71. The number of carbonyl (C=O) groups is 1. The summed E-state index contributed by atoms with van der Waals surface area (Å²) in [4.78, 5) is 25.1. The molecule has 0 saturated heterocycles. The fourth-order valence-corrected chi connectivity index (χ4v) is 4.12. The van der Waals surface area contributed by atoms with Crippen LogP contribution in [0.25, 0.3) is 27.5 Å². The molecule has 0 saturated carbocycles. The van der Waals surface area contributed by atoms with Gasteiger partial charge in [-0.2, -0.15) is 9.78 Å². The standard InChI is InChI=1S/C26H21N3O4/c1-28-22-13-12-19(33-16-17-8-4-2-5-9-17)14-20(22)24-21(15-23(30)31)27-29(26(32)25(24)28)18-10-6-3-7-11-18/h2-14H,15-16H2,1H3,(H,30,31). The van der Waals surface area contributed by atoms with Gasteiger partial charge < -0.3 is 14.4 Å². The van der Waals surface area contributed by atoms with Crippen molar-refractivity contribution in [2.45, 2.75) is 13.0 Å². The van der Waals surface area contributed by atoms with E-state index < -0.39 is 5.97 Å². The summed E-state index contributed by atoms with van der Waals surface area (Å²) < 4.78 is 9.04. The second-order valence-corrected chi connectivity index (χ2v) is 7.81. The number of carboxylic acid groups (broad SMARTS) is 1. The number of aromatic nitrogens is 3. The normalized spacial score (nSPS) is 11.2. The molecular weight excluding hydrogens is 418 g/mol. The lowest BCUT2D eigenvalue weighted by Crippen LogP contribution is -2.25. The van der Waals surface area contributed by atoms with E-state index in [-0.39, 0.29) is 12.0 Å². The third kappa shape index (κ3) is 3.74. The highest BCUT2D eigenvalue weighted by atomic mass is 16.5. The Bertz CT molecular complexity index is 1540. The molecule has 1 N–H and O–H groups in total. The summed E-state index contributed by atoms with van der Waals surface area (Å²) in [7, 11) is 1.80. The molecule has 0 aliphatic rings. The third-order valence-electron chi connectivity index (χ3n) is 5.64. The smallest absolute Gasteiger partial charge is 0.309 e. The monoisotopic (exact) mass is 439 g/mol. The number of carboxylic acids is 1. The van der Waals surface area contributed by atoms with Crippen molar-refractivity contribution in [1.29, 1.82) is 0 Å². The predicted molar refractivity (Wildman–Crippen MR) is 126 cm³/mol. The Labute approximate surface area is 189 Å². The fourth-order valence-electron chi connectivity index (χ4n) is 4.12. The number of aryl methyl sites for hydroxylation is 1. The van der Waals surface area contributed by atoms with E-state index in [2.05, 4.69) is 5.10 Å². The Hall–Kier alpha value is -4.39. The average Bonchev–Trinajstić information content (AvgIpc) is 3.13. The Morgan fingerprint density at radius 1 is 1.00 bits per heavy atom. The SMILES string of the molecule is Cn1c2ccc(OCc3ccccc3)cc2c2c(CC(=O)O)nn(-c3ccccc3)c(=O)c21. The summed E-state index contributed by atoms with van der Waals surface area (Å²) in [5.74, 6) is -0.386. The van der Waals surface area contributed by atoms with Gasteiger partial charge in [-0.3, -0.25) is 9.59 Å². The molecule has 7 nitrogen and oxygen atoms in total. The van der Waals surface area contributed by atoms with E-state index >= 15 is 0 Å². The Morgan fingerprint density at radius 2 is 1.70 bits per heavy atom. The van der Waals surface area contributed by atoms with Gasteiger partial charge in [0.05, 0.1) is 17.8 Å². The lowest BCUT2D eigenvalue weighted by molar-refractivity contribution is -0.136. The van der Waals surface area contributed by atoms with Crippen LogP contribution in [0.5, 0.6) is 5.75 Å². The van der Waals surface area contributed by atoms with Crippen molar-refractivity contribution >= 4 is 27.8 Å². The maximum Gasteiger partial charge on any atom is 0.309 e. The quantitative estimate of drug-likeness (QED) is 0.431. The second-order valence-electron chi connectivity index (χ2n) is 7.81. The van der Waals surface area contributed by atoms with E-state index in [4.69, 9.17) is 4.74 Å². The molecule has 7 heteroatoms. The van der Waals surface area contributed by atoms with Crippen LogP contribution < -0.4 is 10.3 Å². The van der Waals surface area contributed by atoms with Gasteiger partial charge in [-0.05, 0) is 35.9 Å². The average molecular weight is 439 g/mol. The zero-order valence-corrected chi connectivity index (χ0v) is 17.9.